The Morgan fingerprint density at radius 3 is 2.50 bits per heavy atom. The van der Waals surface area contributed by atoms with E-state index >= 15 is 0 Å². The SMILES string of the molecule is CCCCCCOC(=O)NC(Cc1ccc(O)cc1)C(=O)N(C#N)CC. The van der Waals surface area contributed by atoms with Crippen molar-refractivity contribution in [2.45, 2.75) is 52.0 Å². The van der Waals surface area contributed by atoms with E-state index < -0.39 is 18.0 Å². The maximum absolute atomic E-state index is 12.5. The van der Waals surface area contributed by atoms with Crippen LogP contribution in [-0.2, 0) is 16.0 Å². The van der Waals surface area contributed by atoms with Gasteiger partial charge in [0.1, 0.15) is 11.8 Å². The number of aromatic hydroxyl groups is 1. The molecule has 1 aromatic carbocycles. The van der Waals surface area contributed by atoms with Gasteiger partial charge in [-0.2, -0.15) is 5.26 Å². The van der Waals surface area contributed by atoms with Gasteiger partial charge >= 0.3 is 6.09 Å². The highest BCUT2D eigenvalue weighted by Crippen LogP contribution is 2.12. The lowest BCUT2D eigenvalue weighted by molar-refractivity contribution is -0.130. The van der Waals surface area contributed by atoms with Crippen molar-refractivity contribution in [2.24, 2.45) is 0 Å². The lowest BCUT2D eigenvalue weighted by Gasteiger charge is -2.21. The van der Waals surface area contributed by atoms with E-state index in [1.54, 1.807) is 19.1 Å². The van der Waals surface area contributed by atoms with Gasteiger partial charge in [0.25, 0.3) is 5.91 Å². The fourth-order valence-corrected chi connectivity index (χ4v) is 2.41. The van der Waals surface area contributed by atoms with E-state index in [2.05, 4.69) is 12.2 Å². The van der Waals surface area contributed by atoms with Crippen LogP contribution in [0.1, 0.15) is 45.1 Å². The highest BCUT2D eigenvalue weighted by molar-refractivity contribution is 5.87. The number of carbonyl (C=O) groups is 2. The normalized spacial score (nSPS) is 11.3. The summed E-state index contributed by atoms with van der Waals surface area (Å²) >= 11 is 0. The van der Waals surface area contributed by atoms with Gasteiger partial charge in [-0.1, -0.05) is 38.3 Å². The predicted octanol–water partition coefficient (Wildman–Crippen LogP) is 2.94. The quantitative estimate of drug-likeness (QED) is 0.379. The van der Waals surface area contributed by atoms with Gasteiger partial charge in [0.15, 0.2) is 6.19 Å². The van der Waals surface area contributed by atoms with Crippen molar-refractivity contribution in [3.8, 4) is 11.9 Å². The number of nitriles is 1. The number of hydrogen-bond donors (Lipinski definition) is 2. The fraction of sp³-hybridized carbons (Fsp3) is 0.526. The van der Waals surface area contributed by atoms with Crippen LogP contribution in [0.3, 0.4) is 0 Å². The topological polar surface area (TPSA) is 103 Å². The third-order valence-electron chi connectivity index (χ3n) is 3.90. The third kappa shape index (κ3) is 7.43. The molecule has 0 spiro atoms. The summed E-state index contributed by atoms with van der Waals surface area (Å²) in [4.78, 5) is 25.5. The number of hydrogen-bond acceptors (Lipinski definition) is 5. The van der Waals surface area contributed by atoms with Crippen molar-refractivity contribution in [3.63, 3.8) is 0 Å². The van der Waals surface area contributed by atoms with Gasteiger partial charge < -0.3 is 15.2 Å². The predicted molar refractivity (Wildman–Crippen MR) is 97.2 cm³/mol. The molecule has 0 saturated carbocycles. The van der Waals surface area contributed by atoms with Crippen molar-refractivity contribution in [3.05, 3.63) is 29.8 Å². The van der Waals surface area contributed by atoms with Crippen LogP contribution in [0.5, 0.6) is 5.75 Å². The largest absolute Gasteiger partial charge is 0.508 e. The van der Waals surface area contributed by atoms with Crippen LogP contribution in [0.2, 0.25) is 0 Å². The first-order valence-corrected chi connectivity index (χ1v) is 8.94. The minimum atomic E-state index is -0.915. The number of benzene rings is 1. The van der Waals surface area contributed by atoms with Crippen LogP contribution < -0.4 is 5.32 Å². The first kappa shape index (κ1) is 21.3. The van der Waals surface area contributed by atoms with Crippen LogP contribution >= 0.6 is 0 Å². The first-order chi connectivity index (χ1) is 12.5. The minimum absolute atomic E-state index is 0.114. The second-order valence-electron chi connectivity index (χ2n) is 5.95. The zero-order valence-electron chi connectivity index (χ0n) is 15.4. The lowest BCUT2D eigenvalue weighted by atomic mass is 10.0. The Kier molecular flexibility index (Phi) is 9.62. The number of phenolic OH excluding ortho intramolecular Hbond substituents is 1. The second kappa shape index (κ2) is 11.7. The van der Waals surface area contributed by atoms with Gasteiger partial charge in [-0.3, -0.25) is 4.79 Å². The van der Waals surface area contributed by atoms with Crippen LogP contribution in [0, 0.1) is 11.5 Å². The van der Waals surface area contributed by atoms with E-state index in [4.69, 9.17) is 10.00 Å². The van der Waals surface area contributed by atoms with E-state index in [0.717, 1.165) is 36.1 Å². The summed E-state index contributed by atoms with van der Waals surface area (Å²) in [5.74, 6) is -0.380. The number of nitrogens with zero attached hydrogens (tertiary/aromatic N) is 2. The standard InChI is InChI=1S/C19H27N3O4/c1-3-5-6-7-12-26-19(25)21-17(18(24)22(4-2)14-20)13-15-8-10-16(23)11-9-15/h8-11,17,23H,3-7,12-13H2,1-2H3,(H,21,25). The van der Waals surface area contributed by atoms with Crippen LogP contribution in [-0.4, -0.2) is 41.2 Å². The summed E-state index contributed by atoms with van der Waals surface area (Å²) < 4.78 is 5.13. The molecule has 7 nitrogen and oxygen atoms in total. The number of nitrogens with one attached hydrogen (secondary N) is 1. The Morgan fingerprint density at radius 1 is 1.23 bits per heavy atom. The molecule has 0 aliphatic rings. The van der Waals surface area contributed by atoms with Gasteiger partial charge in [0, 0.05) is 13.0 Å². The zero-order valence-corrected chi connectivity index (χ0v) is 15.4. The summed E-state index contributed by atoms with van der Waals surface area (Å²) in [6, 6.07) is 5.42. The van der Waals surface area contributed by atoms with Crippen molar-refractivity contribution in [1.82, 2.24) is 10.2 Å². The molecule has 0 bridgehead atoms. The van der Waals surface area contributed by atoms with Gasteiger partial charge in [0.2, 0.25) is 0 Å². The zero-order chi connectivity index (χ0) is 19.4. The molecule has 0 fully saturated rings. The molecule has 1 unspecified atom stereocenters. The van der Waals surface area contributed by atoms with Gasteiger partial charge in [-0.05, 0) is 31.0 Å². The molecule has 26 heavy (non-hydrogen) atoms. The number of alkyl carbamates (subject to hydrolysis) is 1. The van der Waals surface area contributed by atoms with E-state index in [0.29, 0.717) is 6.61 Å². The summed E-state index contributed by atoms with van der Waals surface area (Å²) in [7, 11) is 0. The number of ether oxygens (including phenoxy) is 1. The molecule has 0 heterocycles. The summed E-state index contributed by atoms with van der Waals surface area (Å²) in [6.07, 6.45) is 5.28. The summed E-state index contributed by atoms with van der Waals surface area (Å²) in [5, 5.41) is 21.0. The van der Waals surface area contributed by atoms with Gasteiger partial charge in [0.05, 0.1) is 6.61 Å². The van der Waals surface area contributed by atoms with Gasteiger partial charge in [-0.15, -0.1) is 0 Å². The first-order valence-electron chi connectivity index (χ1n) is 8.94. The number of phenols is 1. The van der Waals surface area contributed by atoms with Crippen molar-refractivity contribution >= 4 is 12.0 Å². The highest BCUT2D eigenvalue weighted by atomic mass is 16.5. The van der Waals surface area contributed by atoms with Crippen LogP contribution in [0.15, 0.2) is 24.3 Å². The lowest BCUT2D eigenvalue weighted by Crippen LogP contribution is -2.48. The molecule has 0 aliphatic carbocycles. The third-order valence-corrected chi connectivity index (χ3v) is 3.90. The molecular weight excluding hydrogens is 334 g/mol. The number of likely N-dealkylation sites (N-methyl/N-ethyl adjacent to an activating group) is 1. The molecule has 7 heteroatoms. The molecule has 2 amide bonds. The molecule has 0 radical (unpaired) electrons. The number of unbranched alkanes of at least 4 members (excludes halogenated alkanes) is 3. The molecule has 2 N–H and O–H groups in total. The van der Waals surface area contributed by atoms with E-state index in [9.17, 15) is 14.7 Å². The van der Waals surface area contributed by atoms with Crippen molar-refractivity contribution in [1.29, 1.82) is 5.26 Å². The molecule has 1 aromatic rings. The number of carbonyl (C=O) groups excluding carboxylic acids is 2. The number of rotatable bonds is 10. The molecule has 0 aromatic heterocycles. The van der Waals surface area contributed by atoms with Gasteiger partial charge in [-0.25, -0.2) is 9.69 Å². The van der Waals surface area contributed by atoms with E-state index in [-0.39, 0.29) is 18.7 Å². The maximum atomic E-state index is 12.5. The Balaban J connectivity index is 2.71. The average molecular weight is 361 g/mol. The molecule has 1 atom stereocenters. The Hall–Kier alpha value is -2.75. The fourth-order valence-electron chi connectivity index (χ4n) is 2.41. The van der Waals surface area contributed by atoms with Crippen molar-refractivity contribution in [2.75, 3.05) is 13.2 Å². The second-order valence-corrected chi connectivity index (χ2v) is 5.95. The van der Waals surface area contributed by atoms with E-state index in [1.807, 2.05) is 6.19 Å². The van der Waals surface area contributed by atoms with Crippen LogP contribution in [0.4, 0.5) is 4.79 Å². The maximum Gasteiger partial charge on any atom is 0.407 e. The van der Waals surface area contributed by atoms with Crippen molar-refractivity contribution < 1.29 is 19.4 Å². The summed E-state index contributed by atoms with van der Waals surface area (Å²) in [5.41, 5.74) is 0.749. The highest BCUT2D eigenvalue weighted by Gasteiger charge is 2.26. The Labute approximate surface area is 154 Å². The Bertz CT molecular complexity index is 610. The minimum Gasteiger partial charge on any atom is -0.508 e. The molecule has 0 saturated heterocycles. The average Bonchev–Trinajstić information content (AvgIpc) is 2.63. The Morgan fingerprint density at radius 2 is 1.92 bits per heavy atom. The monoisotopic (exact) mass is 361 g/mol. The number of amides is 2. The van der Waals surface area contributed by atoms with Crippen LogP contribution in [0.25, 0.3) is 0 Å². The molecule has 0 aliphatic heterocycles. The molecule has 1 rings (SSSR count). The van der Waals surface area contributed by atoms with E-state index in [1.165, 1.54) is 12.1 Å². The smallest absolute Gasteiger partial charge is 0.407 e. The molecular formula is C19H27N3O4. The molecule has 142 valence electrons. The summed E-state index contributed by atoms with van der Waals surface area (Å²) in [6.45, 7) is 4.30.